The zero-order valence-corrected chi connectivity index (χ0v) is 9.11. The van der Waals surface area contributed by atoms with Gasteiger partial charge < -0.3 is 10.4 Å². The number of aromatic nitrogens is 1. The molecule has 1 aromatic rings. The predicted octanol–water partition coefficient (Wildman–Crippen LogP) is 2.11. The summed E-state index contributed by atoms with van der Waals surface area (Å²) in [5.74, 6) is 0. The summed E-state index contributed by atoms with van der Waals surface area (Å²) in [6.45, 7) is 2.01. The molecule has 0 aliphatic heterocycles. The van der Waals surface area contributed by atoms with Crippen LogP contribution < -0.4 is 5.32 Å². The van der Waals surface area contributed by atoms with Crippen LogP contribution in [0, 0.1) is 6.92 Å². The zero-order valence-electron chi connectivity index (χ0n) is 9.11. The Morgan fingerprint density at radius 3 is 2.73 bits per heavy atom. The van der Waals surface area contributed by atoms with Crippen LogP contribution in [0.1, 0.15) is 31.4 Å². The van der Waals surface area contributed by atoms with Gasteiger partial charge in [0, 0.05) is 12.2 Å². The first-order chi connectivity index (χ1) is 7.25. The molecule has 1 heterocycles. The van der Waals surface area contributed by atoms with Crippen molar-refractivity contribution in [3.05, 3.63) is 24.0 Å². The van der Waals surface area contributed by atoms with E-state index in [4.69, 9.17) is 0 Å². The molecule has 2 rings (SSSR count). The van der Waals surface area contributed by atoms with Crippen LogP contribution in [-0.2, 0) is 0 Å². The maximum absolute atomic E-state index is 9.41. The number of hydrogen-bond acceptors (Lipinski definition) is 3. The molecule has 0 atom stereocenters. The number of nitrogens with one attached hydrogen (secondary N) is 1. The first-order valence-electron chi connectivity index (χ1n) is 5.62. The normalized spacial score (nSPS) is 26.3. The van der Waals surface area contributed by atoms with E-state index in [0.29, 0.717) is 6.04 Å². The van der Waals surface area contributed by atoms with Crippen LogP contribution >= 0.6 is 0 Å². The van der Waals surface area contributed by atoms with Crippen LogP contribution in [0.5, 0.6) is 0 Å². The lowest BCUT2D eigenvalue weighted by Crippen LogP contribution is -2.28. The SMILES string of the molecule is Cc1ncccc1NC1CCC(O)CC1. The van der Waals surface area contributed by atoms with Crippen molar-refractivity contribution >= 4 is 5.69 Å². The molecule has 2 N–H and O–H groups in total. The second-order valence-electron chi connectivity index (χ2n) is 4.29. The fourth-order valence-electron chi connectivity index (χ4n) is 2.08. The second-order valence-corrected chi connectivity index (χ2v) is 4.29. The highest BCUT2D eigenvalue weighted by atomic mass is 16.3. The number of anilines is 1. The molecule has 0 bridgehead atoms. The Morgan fingerprint density at radius 2 is 2.07 bits per heavy atom. The Balaban J connectivity index is 1.95. The molecule has 0 unspecified atom stereocenters. The van der Waals surface area contributed by atoms with Gasteiger partial charge in [-0.05, 0) is 44.7 Å². The average Bonchev–Trinajstić information content (AvgIpc) is 2.25. The average molecular weight is 206 g/mol. The van der Waals surface area contributed by atoms with Gasteiger partial charge in [0.25, 0.3) is 0 Å². The third kappa shape index (κ3) is 2.69. The van der Waals surface area contributed by atoms with E-state index in [0.717, 1.165) is 37.1 Å². The lowest BCUT2D eigenvalue weighted by Gasteiger charge is -2.27. The van der Waals surface area contributed by atoms with Gasteiger partial charge in [-0.3, -0.25) is 4.98 Å². The lowest BCUT2D eigenvalue weighted by molar-refractivity contribution is 0.126. The van der Waals surface area contributed by atoms with E-state index >= 15 is 0 Å². The van der Waals surface area contributed by atoms with Crippen molar-refractivity contribution in [2.24, 2.45) is 0 Å². The Hall–Kier alpha value is -1.09. The van der Waals surface area contributed by atoms with Gasteiger partial charge in [0.2, 0.25) is 0 Å². The van der Waals surface area contributed by atoms with Crippen LogP contribution in [0.25, 0.3) is 0 Å². The Kier molecular flexibility index (Phi) is 3.21. The van der Waals surface area contributed by atoms with E-state index in [2.05, 4.69) is 16.4 Å². The summed E-state index contributed by atoms with van der Waals surface area (Å²) in [6.07, 6.45) is 5.66. The first-order valence-corrected chi connectivity index (χ1v) is 5.62. The highest BCUT2D eigenvalue weighted by molar-refractivity contribution is 5.47. The van der Waals surface area contributed by atoms with E-state index in [1.165, 1.54) is 0 Å². The molecule has 0 amide bonds. The highest BCUT2D eigenvalue weighted by Gasteiger charge is 2.19. The standard InChI is InChI=1S/C12H18N2O/c1-9-12(3-2-8-13-9)14-10-4-6-11(15)7-5-10/h2-3,8,10-11,14-15H,4-7H2,1H3. The summed E-state index contributed by atoms with van der Waals surface area (Å²) in [7, 11) is 0. The van der Waals surface area contributed by atoms with E-state index in [-0.39, 0.29) is 6.10 Å². The molecule has 1 saturated carbocycles. The largest absolute Gasteiger partial charge is 0.393 e. The molecule has 1 aromatic heterocycles. The van der Waals surface area contributed by atoms with Crippen LogP contribution in [-0.4, -0.2) is 22.2 Å². The molecule has 0 aromatic carbocycles. The topological polar surface area (TPSA) is 45.2 Å². The van der Waals surface area contributed by atoms with Crippen molar-refractivity contribution in [3.8, 4) is 0 Å². The molecule has 15 heavy (non-hydrogen) atoms. The maximum atomic E-state index is 9.41. The van der Waals surface area contributed by atoms with E-state index in [1.54, 1.807) is 0 Å². The Labute approximate surface area is 90.5 Å². The zero-order chi connectivity index (χ0) is 10.7. The van der Waals surface area contributed by atoms with Gasteiger partial charge in [0.15, 0.2) is 0 Å². The molecule has 1 fully saturated rings. The minimum absolute atomic E-state index is 0.0851. The molecule has 82 valence electrons. The molecule has 0 spiro atoms. The van der Waals surface area contributed by atoms with Gasteiger partial charge in [-0.15, -0.1) is 0 Å². The smallest absolute Gasteiger partial charge is 0.0603 e. The molecule has 1 aliphatic carbocycles. The summed E-state index contributed by atoms with van der Waals surface area (Å²) in [5.41, 5.74) is 2.17. The molecule has 0 saturated heterocycles. The summed E-state index contributed by atoms with van der Waals surface area (Å²) in [5, 5.41) is 12.9. The lowest BCUT2D eigenvalue weighted by atomic mass is 9.93. The maximum Gasteiger partial charge on any atom is 0.0603 e. The van der Waals surface area contributed by atoms with Crippen molar-refractivity contribution in [1.82, 2.24) is 4.98 Å². The molecular formula is C12H18N2O. The number of hydrogen-bond donors (Lipinski definition) is 2. The fourth-order valence-corrected chi connectivity index (χ4v) is 2.08. The van der Waals surface area contributed by atoms with Gasteiger partial charge in [-0.1, -0.05) is 0 Å². The van der Waals surface area contributed by atoms with Gasteiger partial charge in [0.1, 0.15) is 0 Å². The van der Waals surface area contributed by atoms with Crippen molar-refractivity contribution in [2.75, 3.05) is 5.32 Å². The first kappa shape index (κ1) is 10.4. The summed E-state index contributed by atoms with van der Waals surface area (Å²) in [6, 6.07) is 4.51. The van der Waals surface area contributed by atoms with E-state index < -0.39 is 0 Å². The van der Waals surface area contributed by atoms with Gasteiger partial charge >= 0.3 is 0 Å². The molecule has 3 nitrogen and oxygen atoms in total. The minimum atomic E-state index is -0.0851. The Bertz CT molecular complexity index is 319. The molecule has 1 aliphatic rings. The van der Waals surface area contributed by atoms with Crippen LogP contribution in [0.3, 0.4) is 0 Å². The monoisotopic (exact) mass is 206 g/mol. The summed E-state index contributed by atoms with van der Waals surface area (Å²) >= 11 is 0. The van der Waals surface area contributed by atoms with Gasteiger partial charge in [-0.25, -0.2) is 0 Å². The van der Waals surface area contributed by atoms with Crippen LogP contribution in [0.4, 0.5) is 5.69 Å². The highest BCUT2D eigenvalue weighted by Crippen LogP contribution is 2.22. The quantitative estimate of drug-likeness (QED) is 0.779. The summed E-state index contributed by atoms with van der Waals surface area (Å²) < 4.78 is 0. The van der Waals surface area contributed by atoms with Crippen LogP contribution in [0.15, 0.2) is 18.3 Å². The third-order valence-electron chi connectivity index (χ3n) is 3.06. The Morgan fingerprint density at radius 1 is 1.33 bits per heavy atom. The van der Waals surface area contributed by atoms with E-state index in [1.807, 2.05) is 19.2 Å². The van der Waals surface area contributed by atoms with Crippen molar-refractivity contribution in [2.45, 2.75) is 44.8 Å². The number of nitrogens with zero attached hydrogens (tertiary/aromatic N) is 1. The summed E-state index contributed by atoms with van der Waals surface area (Å²) in [4.78, 5) is 4.25. The van der Waals surface area contributed by atoms with Gasteiger partial charge in [0.05, 0.1) is 17.5 Å². The fraction of sp³-hybridized carbons (Fsp3) is 0.583. The number of aryl methyl sites for hydroxylation is 1. The van der Waals surface area contributed by atoms with Gasteiger partial charge in [-0.2, -0.15) is 0 Å². The van der Waals surface area contributed by atoms with Crippen LogP contribution in [0.2, 0.25) is 0 Å². The minimum Gasteiger partial charge on any atom is -0.393 e. The van der Waals surface area contributed by atoms with E-state index in [9.17, 15) is 5.11 Å². The molecule has 3 heteroatoms. The third-order valence-corrected chi connectivity index (χ3v) is 3.06. The molecule has 0 radical (unpaired) electrons. The van der Waals surface area contributed by atoms with Crippen molar-refractivity contribution in [1.29, 1.82) is 0 Å². The van der Waals surface area contributed by atoms with Crippen molar-refractivity contribution in [3.63, 3.8) is 0 Å². The predicted molar refractivity (Wildman–Crippen MR) is 60.9 cm³/mol. The number of pyridine rings is 1. The van der Waals surface area contributed by atoms with Crippen molar-refractivity contribution < 1.29 is 5.11 Å². The second kappa shape index (κ2) is 4.62. The number of aliphatic hydroxyl groups excluding tert-OH is 1. The number of rotatable bonds is 2. The molecular weight excluding hydrogens is 188 g/mol. The number of aliphatic hydroxyl groups is 1.